The fourth-order valence-corrected chi connectivity index (χ4v) is 2.48. The van der Waals surface area contributed by atoms with Gasteiger partial charge in [-0.05, 0) is 61.7 Å². The van der Waals surface area contributed by atoms with Gasteiger partial charge in [0.25, 0.3) is 0 Å². The topological polar surface area (TPSA) is 67.8 Å². The van der Waals surface area contributed by atoms with Gasteiger partial charge < -0.3 is 15.7 Å². The highest BCUT2D eigenvalue weighted by atomic mass is 35.5. The highest BCUT2D eigenvalue weighted by Crippen LogP contribution is 2.33. The normalized spacial score (nSPS) is 11.5. The number of hydrogen-bond acceptors (Lipinski definition) is 3. The summed E-state index contributed by atoms with van der Waals surface area (Å²) < 4.78 is 6.00. The van der Waals surface area contributed by atoms with Gasteiger partial charge in [-0.2, -0.15) is 0 Å². The van der Waals surface area contributed by atoms with Crippen molar-refractivity contribution in [1.29, 1.82) is 0 Å². The monoisotopic (exact) mass is 304 g/mol. The molecule has 0 saturated heterocycles. The molecule has 4 nitrogen and oxygen atoms in total. The molecule has 0 aromatic heterocycles. The first-order chi connectivity index (χ1) is 9.92. The van der Waals surface area contributed by atoms with Crippen molar-refractivity contribution in [3.8, 4) is 11.5 Å². The van der Waals surface area contributed by atoms with Crippen LogP contribution in [0.1, 0.15) is 22.3 Å². The Bertz CT molecular complexity index is 688. The highest BCUT2D eigenvalue weighted by molar-refractivity contribution is 6.30. The molecule has 0 radical (unpaired) electrons. The predicted octanol–water partition coefficient (Wildman–Crippen LogP) is 4.15. The molecule has 2 aromatic rings. The third-order valence-corrected chi connectivity index (χ3v) is 3.38. The van der Waals surface area contributed by atoms with E-state index in [1.54, 1.807) is 6.07 Å². The summed E-state index contributed by atoms with van der Waals surface area (Å²) in [6.45, 7) is 5.80. The number of nitrogens with two attached hydrogens (primary N) is 1. The number of halogens is 1. The van der Waals surface area contributed by atoms with Crippen LogP contribution in [0.3, 0.4) is 0 Å². The quantitative estimate of drug-likeness (QED) is 0.387. The van der Waals surface area contributed by atoms with Gasteiger partial charge in [0.1, 0.15) is 11.5 Å². The molecular formula is C16H17ClN2O2. The Kier molecular flexibility index (Phi) is 4.38. The number of benzene rings is 2. The van der Waals surface area contributed by atoms with Crippen LogP contribution in [0, 0.1) is 20.8 Å². The summed E-state index contributed by atoms with van der Waals surface area (Å²) in [6, 6.07) is 9.16. The number of hydrogen-bond donors (Lipinski definition) is 2. The Hall–Kier alpha value is -2.20. The largest absolute Gasteiger partial charge is 0.456 e. The van der Waals surface area contributed by atoms with Crippen LogP contribution in [0.15, 0.2) is 35.5 Å². The molecule has 0 heterocycles. The van der Waals surface area contributed by atoms with Crippen LogP contribution in [0.2, 0.25) is 5.02 Å². The minimum absolute atomic E-state index is 0.00858. The van der Waals surface area contributed by atoms with E-state index in [2.05, 4.69) is 5.16 Å². The second-order valence-corrected chi connectivity index (χ2v) is 5.39. The average Bonchev–Trinajstić information content (AvgIpc) is 2.42. The molecule has 2 aromatic carbocycles. The third kappa shape index (κ3) is 3.28. The van der Waals surface area contributed by atoms with E-state index >= 15 is 0 Å². The fraction of sp³-hybridized carbons (Fsp3) is 0.188. The first kappa shape index (κ1) is 15.2. The lowest BCUT2D eigenvalue weighted by molar-refractivity contribution is 0.318. The average molecular weight is 305 g/mol. The van der Waals surface area contributed by atoms with Gasteiger partial charge in [0.05, 0.1) is 5.56 Å². The van der Waals surface area contributed by atoms with E-state index in [4.69, 9.17) is 27.3 Å². The van der Waals surface area contributed by atoms with Gasteiger partial charge in [-0.1, -0.05) is 22.8 Å². The van der Waals surface area contributed by atoms with Gasteiger partial charge in [-0.3, -0.25) is 0 Å². The zero-order valence-electron chi connectivity index (χ0n) is 12.1. The molecule has 0 unspecified atom stereocenters. The molecule has 110 valence electrons. The SMILES string of the molecule is Cc1ccc(C(N)=NO)c(Oc2c(C)cc(Cl)cc2C)c1. The second-order valence-electron chi connectivity index (χ2n) is 4.96. The Balaban J connectivity index is 2.52. The molecule has 0 amide bonds. The molecule has 0 atom stereocenters. The Morgan fingerprint density at radius 2 is 1.76 bits per heavy atom. The molecule has 2 rings (SSSR count). The molecule has 0 saturated carbocycles. The summed E-state index contributed by atoms with van der Waals surface area (Å²) in [5.41, 5.74) is 9.10. The van der Waals surface area contributed by atoms with Crippen molar-refractivity contribution >= 4 is 17.4 Å². The number of rotatable bonds is 3. The molecule has 0 bridgehead atoms. The maximum atomic E-state index is 8.88. The zero-order chi connectivity index (χ0) is 15.6. The van der Waals surface area contributed by atoms with Gasteiger partial charge in [0.2, 0.25) is 0 Å². The Labute approximate surface area is 128 Å². The van der Waals surface area contributed by atoms with Crippen LogP contribution in [-0.4, -0.2) is 11.0 Å². The summed E-state index contributed by atoms with van der Waals surface area (Å²) in [7, 11) is 0. The first-order valence-corrected chi connectivity index (χ1v) is 6.83. The molecule has 3 N–H and O–H groups in total. The van der Waals surface area contributed by atoms with E-state index in [1.807, 2.05) is 45.0 Å². The van der Waals surface area contributed by atoms with E-state index in [0.29, 0.717) is 16.3 Å². The number of nitrogens with zero attached hydrogens (tertiary/aromatic N) is 1. The van der Waals surface area contributed by atoms with Gasteiger partial charge in [-0.25, -0.2) is 0 Å². The summed E-state index contributed by atoms with van der Waals surface area (Å²) in [5, 5.41) is 12.6. The second kappa shape index (κ2) is 6.06. The third-order valence-electron chi connectivity index (χ3n) is 3.16. The molecule has 5 heteroatoms. The van der Waals surface area contributed by atoms with E-state index in [0.717, 1.165) is 22.4 Å². The summed E-state index contributed by atoms with van der Waals surface area (Å²) in [5.74, 6) is 1.27. The van der Waals surface area contributed by atoms with Crippen molar-refractivity contribution in [3.05, 3.63) is 57.6 Å². The van der Waals surface area contributed by atoms with Crippen molar-refractivity contribution in [1.82, 2.24) is 0 Å². The van der Waals surface area contributed by atoms with Crippen LogP contribution >= 0.6 is 11.6 Å². The van der Waals surface area contributed by atoms with Crippen LogP contribution in [0.4, 0.5) is 0 Å². The summed E-state index contributed by atoms with van der Waals surface area (Å²) >= 11 is 6.03. The highest BCUT2D eigenvalue weighted by Gasteiger charge is 2.13. The van der Waals surface area contributed by atoms with Crippen molar-refractivity contribution in [2.24, 2.45) is 10.9 Å². The maximum absolute atomic E-state index is 8.88. The minimum Gasteiger partial charge on any atom is -0.456 e. The number of oxime groups is 1. The predicted molar refractivity (Wildman–Crippen MR) is 84.7 cm³/mol. The zero-order valence-corrected chi connectivity index (χ0v) is 12.9. The van der Waals surface area contributed by atoms with Gasteiger partial charge in [0.15, 0.2) is 5.84 Å². The minimum atomic E-state index is 0.00858. The Morgan fingerprint density at radius 3 is 2.33 bits per heavy atom. The van der Waals surface area contributed by atoms with Crippen molar-refractivity contribution in [3.63, 3.8) is 0 Å². The lowest BCUT2D eigenvalue weighted by Crippen LogP contribution is -2.14. The maximum Gasteiger partial charge on any atom is 0.173 e. The fourth-order valence-electron chi connectivity index (χ4n) is 2.15. The van der Waals surface area contributed by atoms with E-state index in [-0.39, 0.29) is 5.84 Å². The lowest BCUT2D eigenvalue weighted by Gasteiger charge is -2.15. The van der Waals surface area contributed by atoms with Crippen molar-refractivity contribution in [2.75, 3.05) is 0 Å². The Morgan fingerprint density at radius 1 is 1.14 bits per heavy atom. The van der Waals surface area contributed by atoms with Crippen molar-refractivity contribution < 1.29 is 9.94 Å². The molecule has 0 spiro atoms. The number of aryl methyl sites for hydroxylation is 3. The summed E-state index contributed by atoms with van der Waals surface area (Å²) in [4.78, 5) is 0. The molecule has 21 heavy (non-hydrogen) atoms. The molecule has 0 aliphatic rings. The molecule has 0 aliphatic carbocycles. The number of amidine groups is 1. The smallest absolute Gasteiger partial charge is 0.173 e. The number of ether oxygens (including phenoxy) is 1. The van der Waals surface area contributed by atoms with Crippen LogP contribution in [-0.2, 0) is 0 Å². The summed E-state index contributed by atoms with van der Waals surface area (Å²) in [6.07, 6.45) is 0. The van der Waals surface area contributed by atoms with Gasteiger partial charge >= 0.3 is 0 Å². The van der Waals surface area contributed by atoms with E-state index in [9.17, 15) is 0 Å². The van der Waals surface area contributed by atoms with E-state index < -0.39 is 0 Å². The van der Waals surface area contributed by atoms with Crippen LogP contribution < -0.4 is 10.5 Å². The molecule has 0 fully saturated rings. The van der Waals surface area contributed by atoms with Gasteiger partial charge in [-0.15, -0.1) is 0 Å². The van der Waals surface area contributed by atoms with Crippen LogP contribution in [0.5, 0.6) is 11.5 Å². The van der Waals surface area contributed by atoms with E-state index in [1.165, 1.54) is 0 Å². The first-order valence-electron chi connectivity index (χ1n) is 6.45. The van der Waals surface area contributed by atoms with Crippen molar-refractivity contribution in [2.45, 2.75) is 20.8 Å². The molecule has 0 aliphatic heterocycles. The molecular weight excluding hydrogens is 288 g/mol. The standard InChI is InChI=1S/C16H17ClN2O2/c1-9-4-5-13(16(18)19-20)14(6-9)21-15-10(2)7-12(17)8-11(15)3/h4-8,20H,1-3H3,(H2,18,19). The van der Waals surface area contributed by atoms with Crippen LogP contribution in [0.25, 0.3) is 0 Å². The lowest BCUT2D eigenvalue weighted by atomic mass is 10.1. The van der Waals surface area contributed by atoms with Gasteiger partial charge in [0, 0.05) is 5.02 Å².